The molecule has 3 aromatic heterocycles. The summed E-state index contributed by atoms with van der Waals surface area (Å²) in [5, 5.41) is 12.7. The first-order chi connectivity index (χ1) is 15.1. The van der Waals surface area contributed by atoms with Gasteiger partial charge in [-0.15, -0.1) is 5.10 Å². The van der Waals surface area contributed by atoms with E-state index >= 15 is 0 Å². The maximum Gasteiger partial charge on any atom is 0.169 e. The highest BCUT2D eigenvalue weighted by atomic mass is 16.5. The number of H-pyrrole nitrogens is 1. The monoisotopic (exact) mass is 439 g/mol. The first-order valence-corrected chi connectivity index (χ1v) is 11.4. The van der Waals surface area contributed by atoms with Gasteiger partial charge in [-0.2, -0.15) is 9.78 Å². The average molecular weight is 440 g/mol. The lowest BCUT2D eigenvalue weighted by Gasteiger charge is -2.46. The van der Waals surface area contributed by atoms with Crippen molar-refractivity contribution in [3.63, 3.8) is 0 Å². The number of nitrogens with zero attached hydrogens (tertiary/aromatic N) is 5. The van der Waals surface area contributed by atoms with E-state index in [9.17, 15) is 0 Å². The van der Waals surface area contributed by atoms with Crippen LogP contribution in [-0.4, -0.2) is 62.0 Å². The van der Waals surface area contributed by atoms with Crippen LogP contribution in [0.4, 0.5) is 11.6 Å². The Morgan fingerprint density at radius 1 is 1.19 bits per heavy atom. The number of nitrogens with one attached hydrogen (secondary N) is 1. The fourth-order valence-electron chi connectivity index (χ4n) is 5.54. The predicted octanol–water partition coefficient (Wildman–Crippen LogP) is 3.40. The SMILES string of the molecule is CC1COCCN1c1cc(C2CC(C)(C)OC(C)(C)C2)c2c(N)nn(-c3ccn[nH]3)c2n1. The van der Waals surface area contributed by atoms with Crippen molar-refractivity contribution in [1.29, 1.82) is 0 Å². The molecule has 0 spiro atoms. The molecule has 3 N–H and O–H groups in total. The third-order valence-corrected chi connectivity index (χ3v) is 6.53. The van der Waals surface area contributed by atoms with Gasteiger partial charge in [0.15, 0.2) is 17.3 Å². The second-order valence-electron chi connectivity index (χ2n) is 10.4. The zero-order valence-electron chi connectivity index (χ0n) is 19.6. The lowest BCUT2D eigenvalue weighted by atomic mass is 9.76. The number of hydrogen-bond donors (Lipinski definition) is 2. The van der Waals surface area contributed by atoms with Crippen LogP contribution >= 0.6 is 0 Å². The van der Waals surface area contributed by atoms with Gasteiger partial charge in [0.2, 0.25) is 0 Å². The Morgan fingerprint density at radius 2 is 1.94 bits per heavy atom. The molecule has 9 nitrogen and oxygen atoms in total. The fourth-order valence-corrected chi connectivity index (χ4v) is 5.54. The summed E-state index contributed by atoms with van der Waals surface area (Å²) in [4.78, 5) is 7.39. The number of ether oxygens (including phenoxy) is 2. The van der Waals surface area contributed by atoms with Crippen molar-refractivity contribution in [2.75, 3.05) is 30.4 Å². The van der Waals surface area contributed by atoms with Gasteiger partial charge in [-0.25, -0.2) is 4.98 Å². The van der Waals surface area contributed by atoms with E-state index in [-0.39, 0.29) is 23.2 Å². The second-order valence-corrected chi connectivity index (χ2v) is 10.4. The molecule has 32 heavy (non-hydrogen) atoms. The minimum absolute atomic E-state index is 0.234. The van der Waals surface area contributed by atoms with Crippen molar-refractivity contribution in [1.82, 2.24) is 25.0 Å². The maximum atomic E-state index is 6.51. The Kier molecular flexibility index (Phi) is 4.94. The van der Waals surface area contributed by atoms with Crippen molar-refractivity contribution in [3.8, 4) is 5.82 Å². The Bertz CT molecular complexity index is 1100. The van der Waals surface area contributed by atoms with E-state index in [0.29, 0.717) is 19.0 Å². The van der Waals surface area contributed by atoms with Gasteiger partial charge in [0.25, 0.3) is 0 Å². The molecule has 5 heterocycles. The summed E-state index contributed by atoms with van der Waals surface area (Å²) in [6.45, 7) is 13.0. The molecule has 0 radical (unpaired) electrons. The summed E-state index contributed by atoms with van der Waals surface area (Å²) in [5.74, 6) is 2.44. The number of nitrogens with two attached hydrogens (primary N) is 1. The Morgan fingerprint density at radius 3 is 2.59 bits per heavy atom. The zero-order chi connectivity index (χ0) is 22.7. The summed E-state index contributed by atoms with van der Waals surface area (Å²) < 4.78 is 13.8. The summed E-state index contributed by atoms with van der Waals surface area (Å²) in [6, 6.07) is 4.34. The largest absolute Gasteiger partial charge is 0.382 e. The van der Waals surface area contributed by atoms with Crippen LogP contribution < -0.4 is 10.6 Å². The van der Waals surface area contributed by atoms with Gasteiger partial charge in [-0.05, 0) is 65.0 Å². The third kappa shape index (κ3) is 3.73. The topological polar surface area (TPSA) is 107 Å². The molecule has 2 fully saturated rings. The molecule has 0 amide bonds. The molecular formula is C23H33N7O2. The Labute approximate surface area is 188 Å². The van der Waals surface area contributed by atoms with Gasteiger partial charge in [0.05, 0.1) is 42.0 Å². The molecule has 5 rings (SSSR count). The number of aromatic nitrogens is 5. The van der Waals surface area contributed by atoms with Crippen LogP contribution in [0.1, 0.15) is 58.9 Å². The number of hydrogen-bond acceptors (Lipinski definition) is 7. The van der Waals surface area contributed by atoms with Gasteiger partial charge < -0.3 is 20.1 Å². The number of nitrogen functional groups attached to an aromatic ring is 1. The summed E-state index contributed by atoms with van der Waals surface area (Å²) in [5.41, 5.74) is 7.98. The van der Waals surface area contributed by atoms with Crippen LogP contribution in [0.3, 0.4) is 0 Å². The van der Waals surface area contributed by atoms with Crippen molar-refractivity contribution < 1.29 is 9.47 Å². The molecule has 0 aromatic carbocycles. The molecule has 2 aliphatic heterocycles. The van der Waals surface area contributed by atoms with E-state index in [2.05, 4.69) is 60.9 Å². The minimum Gasteiger partial charge on any atom is -0.382 e. The van der Waals surface area contributed by atoms with Gasteiger partial charge in [0.1, 0.15) is 5.82 Å². The van der Waals surface area contributed by atoms with E-state index in [1.165, 1.54) is 5.56 Å². The van der Waals surface area contributed by atoms with Crippen molar-refractivity contribution >= 4 is 22.7 Å². The summed E-state index contributed by atoms with van der Waals surface area (Å²) >= 11 is 0. The molecule has 172 valence electrons. The van der Waals surface area contributed by atoms with Crippen LogP contribution in [0, 0.1) is 0 Å². The number of rotatable bonds is 3. The number of morpholine rings is 1. The van der Waals surface area contributed by atoms with Gasteiger partial charge >= 0.3 is 0 Å². The molecule has 2 saturated heterocycles. The zero-order valence-corrected chi connectivity index (χ0v) is 19.6. The molecule has 1 unspecified atom stereocenters. The number of fused-ring (bicyclic) bond motifs is 1. The van der Waals surface area contributed by atoms with E-state index in [0.717, 1.165) is 42.1 Å². The molecular weight excluding hydrogens is 406 g/mol. The number of anilines is 2. The normalized spacial score (nSPS) is 23.7. The minimum atomic E-state index is -0.234. The molecule has 1 atom stereocenters. The summed E-state index contributed by atoms with van der Waals surface area (Å²) in [6.07, 6.45) is 3.52. The first-order valence-electron chi connectivity index (χ1n) is 11.4. The van der Waals surface area contributed by atoms with Crippen LogP contribution in [0.2, 0.25) is 0 Å². The molecule has 9 heteroatoms. The highest BCUT2D eigenvalue weighted by Crippen LogP contribution is 2.46. The van der Waals surface area contributed by atoms with Crippen molar-refractivity contribution in [2.24, 2.45) is 0 Å². The quantitative estimate of drug-likeness (QED) is 0.644. The van der Waals surface area contributed by atoms with Crippen molar-refractivity contribution in [3.05, 3.63) is 23.9 Å². The van der Waals surface area contributed by atoms with Crippen LogP contribution in [-0.2, 0) is 9.47 Å². The fraction of sp³-hybridized carbons (Fsp3) is 0.609. The number of aromatic amines is 1. The van der Waals surface area contributed by atoms with Crippen LogP contribution in [0.25, 0.3) is 16.9 Å². The highest BCUT2D eigenvalue weighted by molar-refractivity contribution is 5.92. The van der Waals surface area contributed by atoms with Gasteiger partial charge in [0, 0.05) is 12.6 Å². The van der Waals surface area contributed by atoms with Crippen molar-refractivity contribution in [2.45, 2.75) is 70.6 Å². The standard InChI is InChI=1S/C23H33N7O2/c1-14-13-31-9-8-29(14)18-10-16(15-11-22(2,3)32-23(4,5)12-15)19-20(24)28-30(21(19)26-18)17-6-7-25-27-17/h6-7,10,14-15H,8-9,11-13H2,1-5H3,(H2,24,28)(H,25,27). The average Bonchev–Trinajstić information content (AvgIpc) is 3.33. The molecule has 0 aliphatic carbocycles. The van der Waals surface area contributed by atoms with E-state index in [4.69, 9.17) is 20.2 Å². The van der Waals surface area contributed by atoms with Gasteiger partial charge in [-0.3, -0.25) is 5.10 Å². The lowest BCUT2D eigenvalue weighted by molar-refractivity contribution is -0.161. The Balaban J connectivity index is 1.72. The van der Waals surface area contributed by atoms with E-state index in [1.807, 2.05) is 6.07 Å². The highest BCUT2D eigenvalue weighted by Gasteiger charge is 2.41. The second kappa shape index (κ2) is 7.45. The molecule has 2 aliphatic rings. The first kappa shape index (κ1) is 21.2. The number of pyridine rings is 1. The van der Waals surface area contributed by atoms with E-state index < -0.39 is 0 Å². The Hall–Kier alpha value is -2.65. The molecule has 0 saturated carbocycles. The summed E-state index contributed by atoms with van der Waals surface area (Å²) in [7, 11) is 0. The third-order valence-electron chi connectivity index (χ3n) is 6.53. The predicted molar refractivity (Wildman–Crippen MR) is 124 cm³/mol. The van der Waals surface area contributed by atoms with Gasteiger partial charge in [-0.1, -0.05) is 0 Å². The lowest BCUT2D eigenvalue weighted by Crippen LogP contribution is -2.45. The van der Waals surface area contributed by atoms with E-state index in [1.54, 1.807) is 10.9 Å². The van der Waals surface area contributed by atoms with Crippen LogP contribution in [0.15, 0.2) is 18.3 Å². The van der Waals surface area contributed by atoms with Crippen LogP contribution in [0.5, 0.6) is 0 Å². The molecule has 3 aromatic rings. The molecule has 0 bridgehead atoms. The smallest absolute Gasteiger partial charge is 0.169 e. The maximum absolute atomic E-state index is 6.51.